The van der Waals surface area contributed by atoms with E-state index in [4.69, 9.17) is 9.47 Å². The second-order valence-corrected chi connectivity index (χ2v) is 8.43. The third-order valence-electron chi connectivity index (χ3n) is 4.59. The number of methoxy groups -OCH3 is 1. The average molecular weight is 427 g/mol. The summed E-state index contributed by atoms with van der Waals surface area (Å²) in [6, 6.07) is 13.1. The van der Waals surface area contributed by atoms with E-state index in [-0.39, 0.29) is 11.8 Å². The third kappa shape index (κ3) is 8.32. The molecule has 0 bridgehead atoms. The van der Waals surface area contributed by atoms with Crippen LogP contribution in [-0.4, -0.2) is 18.9 Å². The first-order valence-corrected chi connectivity index (χ1v) is 10.7. The molecule has 168 valence electrons. The monoisotopic (exact) mass is 426 g/mol. The number of rotatable bonds is 11. The molecule has 2 rings (SSSR count). The van der Waals surface area contributed by atoms with Crippen LogP contribution in [0.5, 0.6) is 17.2 Å². The SMILES string of the molecule is COc1ccc(Oc2ccccc2CNC(=O)CC(C)C)cc1CNC(=O)CC(C)C. The van der Waals surface area contributed by atoms with Crippen LogP contribution in [0.25, 0.3) is 0 Å². The maximum Gasteiger partial charge on any atom is 0.220 e. The summed E-state index contributed by atoms with van der Waals surface area (Å²) in [5.41, 5.74) is 1.72. The fourth-order valence-corrected chi connectivity index (χ4v) is 3.11. The quantitative estimate of drug-likeness (QED) is 0.540. The molecule has 0 aliphatic rings. The molecule has 0 spiro atoms. The average Bonchev–Trinajstić information content (AvgIpc) is 2.71. The smallest absolute Gasteiger partial charge is 0.220 e. The summed E-state index contributed by atoms with van der Waals surface area (Å²) < 4.78 is 11.5. The molecule has 6 heteroatoms. The molecule has 0 aliphatic carbocycles. The minimum Gasteiger partial charge on any atom is -0.496 e. The van der Waals surface area contributed by atoms with Gasteiger partial charge in [0.25, 0.3) is 0 Å². The summed E-state index contributed by atoms with van der Waals surface area (Å²) in [4.78, 5) is 24.0. The van der Waals surface area contributed by atoms with Gasteiger partial charge < -0.3 is 20.1 Å². The number of carbonyl (C=O) groups excluding carboxylic acids is 2. The normalized spacial score (nSPS) is 10.8. The number of benzene rings is 2. The van der Waals surface area contributed by atoms with Crippen molar-refractivity contribution in [3.05, 3.63) is 53.6 Å². The van der Waals surface area contributed by atoms with Crippen molar-refractivity contribution in [1.82, 2.24) is 10.6 Å². The zero-order valence-corrected chi connectivity index (χ0v) is 19.2. The summed E-state index contributed by atoms with van der Waals surface area (Å²) in [7, 11) is 1.60. The Morgan fingerprint density at radius 3 is 1.97 bits per heavy atom. The van der Waals surface area contributed by atoms with Crippen LogP contribution >= 0.6 is 0 Å². The Balaban J connectivity index is 2.10. The first-order chi connectivity index (χ1) is 14.8. The van der Waals surface area contributed by atoms with Crippen molar-refractivity contribution in [1.29, 1.82) is 0 Å². The molecule has 0 saturated carbocycles. The van der Waals surface area contributed by atoms with Crippen LogP contribution in [-0.2, 0) is 22.7 Å². The highest BCUT2D eigenvalue weighted by Gasteiger charge is 2.12. The zero-order chi connectivity index (χ0) is 22.8. The second kappa shape index (κ2) is 12.0. The Hall–Kier alpha value is -3.02. The predicted molar refractivity (Wildman–Crippen MR) is 122 cm³/mol. The van der Waals surface area contributed by atoms with Crippen LogP contribution < -0.4 is 20.1 Å². The maximum atomic E-state index is 12.0. The number of carbonyl (C=O) groups is 2. The van der Waals surface area contributed by atoms with Gasteiger partial charge in [0.2, 0.25) is 11.8 Å². The lowest BCUT2D eigenvalue weighted by molar-refractivity contribution is -0.122. The molecule has 0 radical (unpaired) electrons. The van der Waals surface area contributed by atoms with Crippen LogP contribution in [0, 0.1) is 11.8 Å². The van der Waals surface area contributed by atoms with E-state index in [0.29, 0.717) is 55.0 Å². The first-order valence-electron chi connectivity index (χ1n) is 10.7. The second-order valence-electron chi connectivity index (χ2n) is 8.43. The first kappa shape index (κ1) is 24.3. The lowest BCUT2D eigenvalue weighted by Crippen LogP contribution is -2.24. The number of ether oxygens (including phenoxy) is 2. The van der Waals surface area contributed by atoms with Gasteiger partial charge in [-0.3, -0.25) is 9.59 Å². The van der Waals surface area contributed by atoms with Gasteiger partial charge in [0.15, 0.2) is 0 Å². The molecule has 0 unspecified atom stereocenters. The van der Waals surface area contributed by atoms with E-state index in [0.717, 1.165) is 11.1 Å². The molecule has 0 aliphatic heterocycles. The molecule has 2 aromatic carbocycles. The van der Waals surface area contributed by atoms with Crippen LogP contribution in [0.1, 0.15) is 51.7 Å². The van der Waals surface area contributed by atoms with Crippen molar-refractivity contribution in [2.75, 3.05) is 7.11 Å². The third-order valence-corrected chi connectivity index (χ3v) is 4.59. The molecular formula is C25H34N2O4. The van der Waals surface area contributed by atoms with Gasteiger partial charge in [0.05, 0.1) is 7.11 Å². The summed E-state index contributed by atoms with van der Waals surface area (Å²) in [5, 5.41) is 5.88. The highest BCUT2D eigenvalue weighted by atomic mass is 16.5. The Bertz CT molecular complexity index is 878. The Morgan fingerprint density at radius 2 is 1.39 bits per heavy atom. The van der Waals surface area contributed by atoms with Gasteiger partial charge in [0.1, 0.15) is 17.2 Å². The predicted octanol–water partition coefficient (Wildman–Crippen LogP) is 4.81. The van der Waals surface area contributed by atoms with Gasteiger partial charge in [-0.25, -0.2) is 0 Å². The van der Waals surface area contributed by atoms with Gasteiger partial charge >= 0.3 is 0 Å². The number of amides is 2. The van der Waals surface area contributed by atoms with E-state index in [9.17, 15) is 9.59 Å². The van der Waals surface area contributed by atoms with Crippen LogP contribution in [0.15, 0.2) is 42.5 Å². The molecule has 0 aromatic heterocycles. The molecule has 6 nitrogen and oxygen atoms in total. The molecule has 0 heterocycles. The van der Waals surface area contributed by atoms with Gasteiger partial charge in [-0.2, -0.15) is 0 Å². The zero-order valence-electron chi connectivity index (χ0n) is 19.2. The van der Waals surface area contributed by atoms with Crippen molar-refractivity contribution in [3.63, 3.8) is 0 Å². The van der Waals surface area contributed by atoms with E-state index < -0.39 is 0 Å². The van der Waals surface area contributed by atoms with Crippen LogP contribution in [0.4, 0.5) is 0 Å². The van der Waals surface area contributed by atoms with E-state index in [1.165, 1.54) is 0 Å². The molecular weight excluding hydrogens is 392 g/mol. The van der Waals surface area contributed by atoms with Crippen LogP contribution in [0.3, 0.4) is 0 Å². The molecule has 0 fully saturated rings. The summed E-state index contributed by atoms with van der Waals surface area (Å²) in [6.45, 7) is 8.82. The van der Waals surface area contributed by atoms with Gasteiger partial charge in [-0.15, -0.1) is 0 Å². The Labute approximate surface area is 185 Å². The van der Waals surface area contributed by atoms with Crippen LogP contribution in [0.2, 0.25) is 0 Å². The number of para-hydroxylation sites is 1. The number of hydrogen-bond acceptors (Lipinski definition) is 4. The van der Waals surface area contributed by atoms with Crippen molar-refractivity contribution >= 4 is 11.8 Å². The minimum absolute atomic E-state index is 0.00543. The topological polar surface area (TPSA) is 76.7 Å². The largest absolute Gasteiger partial charge is 0.496 e. The van der Waals surface area contributed by atoms with Gasteiger partial charge in [-0.1, -0.05) is 45.9 Å². The molecule has 2 aromatic rings. The number of hydrogen-bond donors (Lipinski definition) is 2. The maximum absolute atomic E-state index is 12.0. The molecule has 2 N–H and O–H groups in total. The fourth-order valence-electron chi connectivity index (χ4n) is 3.11. The standard InChI is InChI=1S/C25H34N2O4/c1-17(2)12-24(28)26-15-19-8-6-7-9-23(19)31-21-10-11-22(30-5)20(14-21)16-27-25(29)13-18(3)4/h6-11,14,17-18H,12-13,15-16H2,1-5H3,(H,26,28)(H,27,29). The van der Waals surface area contributed by atoms with E-state index in [1.54, 1.807) is 7.11 Å². The minimum atomic E-state index is 0.00543. The van der Waals surface area contributed by atoms with E-state index in [2.05, 4.69) is 10.6 Å². The fraction of sp³-hybridized carbons (Fsp3) is 0.440. The van der Waals surface area contributed by atoms with E-state index >= 15 is 0 Å². The van der Waals surface area contributed by atoms with Gasteiger partial charge in [0, 0.05) is 37.1 Å². The Kier molecular flexibility index (Phi) is 9.38. The van der Waals surface area contributed by atoms with E-state index in [1.807, 2.05) is 70.2 Å². The summed E-state index contributed by atoms with van der Waals surface area (Å²) >= 11 is 0. The molecule has 31 heavy (non-hydrogen) atoms. The summed E-state index contributed by atoms with van der Waals surface area (Å²) in [6.07, 6.45) is 0.974. The lowest BCUT2D eigenvalue weighted by Gasteiger charge is -2.15. The van der Waals surface area contributed by atoms with Crippen molar-refractivity contribution < 1.29 is 19.1 Å². The highest BCUT2D eigenvalue weighted by Crippen LogP contribution is 2.29. The lowest BCUT2D eigenvalue weighted by atomic mass is 10.1. The number of nitrogens with one attached hydrogen (secondary N) is 2. The van der Waals surface area contributed by atoms with Crippen molar-refractivity contribution in [3.8, 4) is 17.2 Å². The van der Waals surface area contributed by atoms with Crippen molar-refractivity contribution in [2.45, 2.75) is 53.6 Å². The van der Waals surface area contributed by atoms with Gasteiger partial charge in [-0.05, 0) is 36.1 Å². The molecule has 0 saturated heterocycles. The van der Waals surface area contributed by atoms with Crippen molar-refractivity contribution in [2.24, 2.45) is 11.8 Å². The summed E-state index contributed by atoms with van der Waals surface area (Å²) in [5.74, 6) is 2.63. The highest BCUT2D eigenvalue weighted by molar-refractivity contribution is 5.76. The molecule has 0 atom stereocenters. The Morgan fingerprint density at radius 1 is 0.806 bits per heavy atom. The molecule has 2 amide bonds.